The summed E-state index contributed by atoms with van der Waals surface area (Å²) < 4.78 is 6.95. The zero-order valence-corrected chi connectivity index (χ0v) is 13.0. The van der Waals surface area contributed by atoms with Crippen LogP contribution < -0.4 is 11.3 Å². The van der Waals surface area contributed by atoms with Crippen molar-refractivity contribution in [2.45, 2.75) is 36.6 Å². The zero-order valence-electron chi connectivity index (χ0n) is 12.2. The SMILES string of the molecule is CCSc1nc2c(=O)[nH]c(N)nc2n1[C@H]1O[C@@H](CO)[C@H](O)[C@@H]1O. The van der Waals surface area contributed by atoms with Crippen LogP contribution in [0.25, 0.3) is 11.2 Å². The van der Waals surface area contributed by atoms with Crippen molar-refractivity contribution in [2.24, 2.45) is 0 Å². The predicted molar refractivity (Wildman–Crippen MR) is 82.0 cm³/mol. The normalized spacial score (nSPS) is 27.8. The molecule has 11 heteroatoms. The fourth-order valence-corrected chi connectivity index (χ4v) is 3.28. The molecule has 0 amide bonds. The fraction of sp³-hybridized carbons (Fsp3) is 0.583. The number of ether oxygens (including phenoxy) is 1. The van der Waals surface area contributed by atoms with Gasteiger partial charge in [0.05, 0.1) is 6.61 Å². The first kappa shape index (κ1) is 16.2. The number of hydrogen-bond acceptors (Lipinski definition) is 9. The minimum atomic E-state index is -1.30. The minimum Gasteiger partial charge on any atom is -0.394 e. The molecule has 0 aliphatic carbocycles. The third-order valence-electron chi connectivity index (χ3n) is 3.58. The molecule has 10 nitrogen and oxygen atoms in total. The van der Waals surface area contributed by atoms with Gasteiger partial charge in [0.25, 0.3) is 5.56 Å². The summed E-state index contributed by atoms with van der Waals surface area (Å²) in [5.41, 5.74) is 5.29. The van der Waals surface area contributed by atoms with Crippen molar-refractivity contribution in [1.82, 2.24) is 19.5 Å². The Bertz CT molecular complexity index is 777. The number of hydrogen-bond donors (Lipinski definition) is 5. The number of aliphatic hydroxyl groups is 3. The molecule has 1 fully saturated rings. The van der Waals surface area contributed by atoms with Crippen LogP contribution in [-0.4, -0.2) is 65.5 Å². The van der Waals surface area contributed by atoms with Crippen LogP contribution >= 0.6 is 11.8 Å². The van der Waals surface area contributed by atoms with Gasteiger partial charge >= 0.3 is 0 Å². The molecule has 1 aliphatic heterocycles. The van der Waals surface area contributed by atoms with Gasteiger partial charge in [-0.3, -0.25) is 14.3 Å². The van der Waals surface area contributed by atoms with Crippen LogP contribution in [0.3, 0.4) is 0 Å². The van der Waals surface area contributed by atoms with Gasteiger partial charge in [-0.1, -0.05) is 18.7 Å². The Labute approximate surface area is 134 Å². The number of H-pyrrole nitrogens is 1. The van der Waals surface area contributed by atoms with E-state index in [1.807, 2.05) is 6.92 Å². The molecule has 126 valence electrons. The second-order valence-corrected chi connectivity index (χ2v) is 6.28. The molecular formula is C12H17N5O5S. The maximum atomic E-state index is 12.0. The molecule has 0 radical (unpaired) electrons. The Kier molecular flexibility index (Phi) is 4.29. The number of nitrogens with two attached hydrogens (primary N) is 1. The highest BCUT2D eigenvalue weighted by Crippen LogP contribution is 2.34. The van der Waals surface area contributed by atoms with Crippen molar-refractivity contribution in [3.63, 3.8) is 0 Å². The van der Waals surface area contributed by atoms with Crippen molar-refractivity contribution < 1.29 is 20.1 Å². The molecule has 6 N–H and O–H groups in total. The lowest BCUT2D eigenvalue weighted by molar-refractivity contribution is -0.0548. The minimum absolute atomic E-state index is 0.0629. The van der Waals surface area contributed by atoms with E-state index in [4.69, 9.17) is 10.5 Å². The Morgan fingerprint density at radius 3 is 2.74 bits per heavy atom. The first-order chi connectivity index (χ1) is 11.0. The lowest BCUT2D eigenvalue weighted by Crippen LogP contribution is -2.33. The van der Waals surface area contributed by atoms with Gasteiger partial charge in [0, 0.05) is 0 Å². The van der Waals surface area contributed by atoms with E-state index < -0.39 is 36.7 Å². The number of nitrogen functional groups attached to an aromatic ring is 1. The molecule has 0 spiro atoms. The molecule has 4 atom stereocenters. The Balaban J connectivity index is 2.19. The van der Waals surface area contributed by atoms with Gasteiger partial charge in [-0.15, -0.1) is 0 Å². The number of aromatic amines is 1. The molecule has 1 aliphatic rings. The predicted octanol–water partition coefficient (Wildman–Crippen LogP) is -1.57. The first-order valence-electron chi connectivity index (χ1n) is 7.00. The summed E-state index contributed by atoms with van der Waals surface area (Å²) in [7, 11) is 0. The number of nitrogens with zero attached hydrogens (tertiary/aromatic N) is 3. The summed E-state index contributed by atoms with van der Waals surface area (Å²) >= 11 is 1.32. The number of rotatable bonds is 4. The van der Waals surface area contributed by atoms with Gasteiger partial charge in [0.1, 0.15) is 18.3 Å². The highest BCUT2D eigenvalue weighted by atomic mass is 32.2. The first-order valence-corrected chi connectivity index (χ1v) is 7.99. The van der Waals surface area contributed by atoms with Gasteiger partial charge in [-0.05, 0) is 5.75 Å². The van der Waals surface area contributed by atoms with Crippen LogP contribution in [0.4, 0.5) is 5.95 Å². The number of imidazole rings is 1. The van der Waals surface area contributed by atoms with Gasteiger partial charge in [-0.2, -0.15) is 4.98 Å². The molecule has 0 aromatic carbocycles. The summed E-state index contributed by atoms with van der Waals surface area (Å²) in [6.07, 6.45) is -4.54. The average molecular weight is 343 g/mol. The topological polar surface area (TPSA) is 160 Å². The van der Waals surface area contributed by atoms with E-state index in [9.17, 15) is 20.1 Å². The van der Waals surface area contributed by atoms with E-state index in [0.29, 0.717) is 10.9 Å². The van der Waals surface area contributed by atoms with Crippen LogP contribution in [0.1, 0.15) is 13.2 Å². The molecule has 0 bridgehead atoms. The second-order valence-electron chi connectivity index (χ2n) is 5.05. The van der Waals surface area contributed by atoms with Crippen LogP contribution in [0.2, 0.25) is 0 Å². The zero-order chi connectivity index (χ0) is 16.7. The monoisotopic (exact) mass is 343 g/mol. The average Bonchev–Trinajstić information content (AvgIpc) is 2.99. The number of aromatic nitrogens is 4. The molecular weight excluding hydrogens is 326 g/mol. The Morgan fingerprint density at radius 1 is 1.39 bits per heavy atom. The Morgan fingerprint density at radius 2 is 2.13 bits per heavy atom. The quantitative estimate of drug-likeness (QED) is 0.413. The largest absolute Gasteiger partial charge is 0.394 e. The highest BCUT2D eigenvalue weighted by Gasteiger charge is 2.45. The van der Waals surface area contributed by atoms with Crippen molar-refractivity contribution >= 4 is 28.9 Å². The Hall–Kier alpha value is -1.66. The van der Waals surface area contributed by atoms with E-state index >= 15 is 0 Å². The number of thioether (sulfide) groups is 1. The number of aliphatic hydroxyl groups excluding tert-OH is 3. The molecule has 0 unspecified atom stereocenters. The van der Waals surface area contributed by atoms with Gasteiger partial charge in [-0.25, -0.2) is 4.98 Å². The molecule has 3 heterocycles. The summed E-state index contributed by atoms with van der Waals surface area (Å²) in [6, 6.07) is 0. The lowest BCUT2D eigenvalue weighted by Gasteiger charge is -2.18. The van der Waals surface area contributed by atoms with Crippen LogP contribution in [-0.2, 0) is 4.74 Å². The summed E-state index contributed by atoms with van der Waals surface area (Å²) in [5.74, 6) is 0.564. The second kappa shape index (κ2) is 6.09. The molecule has 2 aromatic heterocycles. The fourth-order valence-electron chi connectivity index (χ4n) is 2.53. The summed E-state index contributed by atoms with van der Waals surface area (Å²) in [6.45, 7) is 1.45. The van der Waals surface area contributed by atoms with E-state index in [1.54, 1.807) is 0 Å². The smallest absolute Gasteiger partial charge is 0.280 e. The van der Waals surface area contributed by atoms with Crippen LogP contribution in [0.15, 0.2) is 9.95 Å². The van der Waals surface area contributed by atoms with Gasteiger partial charge in [0.15, 0.2) is 22.5 Å². The third-order valence-corrected chi connectivity index (χ3v) is 4.42. The van der Waals surface area contributed by atoms with Gasteiger partial charge < -0.3 is 25.8 Å². The highest BCUT2D eigenvalue weighted by molar-refractivity contribution is 7.99. The van der Waals surface area contributed by atoms with E-state index in [-0.39, 0.29) is 17.1 Å². The maximum Gasteiger partial charge on any atom is 0.280 e. The number of nitrogens with one attached hydrogen (secondary N) is 1. The molecule has 2 aromatic rings. The van der Waals surface area contributed by atoms with Crippen molar-refractivity contribution in [1.29, 1.82) is 0 Å². The maximum absolute atomic E-state index is 12.0. The van der Waals surface area contributed by atoms with Gasteiger partial charge in [0.2, 0.25) is 5.95 Å². The summed E-state index contributed by atoms with van der Waals surface area (Å²) in [4.78, 5) is 22.7. The number of fused-ring (bicyclic) bond motifs is 1. The standard InChI is InChI=1S/C12H17N5O5S/c1-2-23-12-14-5-8(15-11(13)16-9(5)21)17(12)10-7(20)6(19)4(3-18)22-10/h4,6-7,10,18-20H,2-3H2,1H3,(H3,13,15,16,21)/t4-,6-,7-,10-/m0/s1. The molecule has 23 heavy (non-hydrogen) atoms. The van der Waals surface area contributed by atoms with E-state index in [2.05, 4.69) is 15.0 Å². The summed E-state index contributed by atoms with van der Waals surface area (Å²) in [5, 5.41) is 29.8. The number of anilines is 1. The lowest BCUT2D eigenvalue weighted by atomic mass is 10.1. The van der Waals surface area contributed by atoms with Crippen molar-refractivity contribution in [2.75, 3.05) is 18.1 Å². The van der Waals surface area contributed by atoms with Crippen LogP contribution in [0.5, 0.6) is 0 Å². The van der Waals surface area contributed by atoms with E-state index in [1.165, 1.54) is 16.3 Å². The molecule has 0 saturated carbocycles. The van der Waals surface area contributed by atoms with Crippen molar-refractivity contribution in [3.8, 4) is 0 Å². The van der Waals surface area contributed by atoms with Crippen LogP contribution in [0, 0.1) is 0 Å². The third kappa shape index (κ3) is 2.60. The molecule has 3 rings (SSSR count). The van der Waals surface area contributed by atoms with Crippen molar-refractivity contribution in [3.05, 3.63) is 10.4 Å². The van der Waals surface area contributed by atoms with E-state index in [0.717, 1.165) is 0 Å². The molecule has 1 saturated heterocycles.